The van der Waals surface area contributed by atoms with Gasteiger partial charge in [-0.3, -0.25) is 0 Å². The maximum atomic E-state index is 11.8. The van der Waals surface area contributed by atoms with Gasteiger partial charge in [-0.15, -0.1) is 0 Å². The molecule has 1 aromatic carbocycles. The van der Waals surface area contributed by atoms with Crippen LogP contribution in [-0.2, 0) is 10.2 Å². The molecule has 4 aliphatic rings. The van der Waals surface area contributed by atoms with Gasteiger partial charge in [0.2, 0.25) is 0 Å². The van der Waals surface area contributed by atoms with Crippen LogP contribution in [0.15, 0.2) is 18.2 Å². The third-order valence-electron chi connectivity index (χ3n) is 6.20. The summed E-state index contributed by atoms with van der Waals surface area (Å²) in [7, 11) is 0. The van der Waals surface area contributed by atoms with Gasteiger partial charge < -0.3 is 9.47 Å². The minimum absolute atomic E-state index is 0.225. The van der Waals surface area contributed by atoms with Gasteiger partial charge >= 0.3 is 6.16 Å². The Morgan fingerprint density at radius 3 is 2.30 bits per heavy atom. The molecule has 0 heterocycles. The van der Waals surface area contributed by atoms with Crippen LogP contribution in [0.3, 0.4) is 0 Å². The average Bonchev–Trinajstić information content (AvgIpc) is 2.48. The van der Waals surface area contributed by atoms with E-state index in [2.05, 4.69) is 13.0 Å². The average molecular weight is 314 g/mol. The zero-order valence-electron chi connectivity index (χ0n) is 14.1. The molecule has 4 bridgehead atoms. The molecule has 4 aliphatic carbocycles. The fraction of sp³-hybridized carbons (Fsp3) is 0.650. The van der Waals surface area contributed by atoms with Crippen molar-refractivity contribution in [1.82, 2.24) is 0 Å². The third-order valence-corrected chi connectivity index (χ3v) is 6.20. The second kappa shape index (κ2) is 5.54. The molecule has 0 aliphatic heterocycles. The number of hydrogen-bond donors (Lipinski definition) is 0. The van der Waals surface area contributed by atoms with E-state index >= 15 is 0 Å². The van der Waals surface area contributed by atoms with Crippen molar-refractivity contribution >= 4 is 6.16 Å². The lowest BCUT2D eigenvalue weighted by Gasteiger charge is -2.57. The predicted molar refractivity (Wildman–Crippen MR) is 88.7 cm³/mol. The van der Waals surface area contributed by atoms with Gasteiger partial charge in [-0.25, -0.2) is 4.79 Å². The summed E-state index contributed by atoms with van der Waals surface area (Å²) in [6.45, 7) is 4.27. The zero-order chi connectivity index (χ0) is 16.0. The van der Waals surface area contributed by atoms with Crippen LogP contribution in [0.2, 0.25) is 0 Å². The summed E-state index contributed by atoms with van der Waals surface area (Å²) in [6, 6.07) is 6.24. The molecule has 0 unspecified atom stereocenters. The first kappa shape index (κ1) is 15.0. The Bertz CT molecular complexity index is 584. The van der Waals surface area contributed by atoms with Crippen molar-refractivity contribution < 1.29 is 14.3 Å². The van der Waals surface area contributed by atoms with Gasteiger partial charge in [-0.05, 0) is 81.6 Å². The van der Waals surface area contributed by atoms with Crippen LogP contribution in [0.4, 0.5) is 4.79 Å². The molecule has 0 N–H and O–H groups in total. The van der Waals surface area contributed by atoms with E-state index in [1.807, 2.05) is 12.1 Å². The predicted octanol–water partition coefficient (Wildman–Crippen LogP) is 5.00. The van der Waals surface area contributed by atoms with Gasteiger partial charge in [0.25, 0.3) is 0 Å². The second-order valence-electron chi connectivity index (χ2n) is 7.98. The van der Waals surface area contributed by atoms with E-state index in [0.29, 0.717) is 6.61 Å². The number of aryl methyl sites for hydroxylation is 1. The van der Waals surface area contributed by atoms with E-state index in [-0.39, 0.29) is 5.41 Å². The highest BCUT2D eigenvalue weighted by atomic mass is 16.7. The third kappa shape index (κ3) is 2.64. The molecule has 3 nitrogen and oxygen atoms in total. The summed E-state index contributed by atoms with van der Waals surface area (Å²) in [4.78, 5) is 11.8. The van der Waals surface area contributed by atoms with Gasteiger partial charge in [0.1, 0.15) is 5.75 Å². The SMILES string of the molecule is CCOC(=O)Oc1ccc(C)cc1C12CC3CC(CC(C3)C1)C2. The lowest BCUT2D eigenvalue weighted by Crippen LogP contribution is -2.48. The molecule has 3 heteroatoms. The number of rotatable bonds is 3. The molecule has 4 saturated carbocycles. The van der Waals surface area contributed by atoms with Gasteiger partial charge in [0.05, 0.1) is 6.61 Å². The van der Waals surface area contributed by atoms with Crippen molar-refractivity contribution in [3.05, 3.63) is 29.3 Å². The summed E-state index contributed by atoms with van der Waals surface area (Å²) in [6.07, 6.45) is 7.46. The molecule has 0 spiro atoms. The largest absolute Gasteiger partial charge is 0.513 e. The first-order chi connectivity index (χ1) is 11.1. The fourth-order valence-corrected chi connectivity index (χ4v) is 5.82. The van der Waals surface area contributed by atoms with Crippen molar-refractivity contribution in [2.45, 2.75) is 57.8 Å². The van der Waals surface area contributed by atoms with Crippen LogP contribution in [0, 0.1) is 24.7 Å². The molecular formula is C20H26O3. The monoisotopic (exact) mass is 314 g/mol. The Morgan fingerprint density at radius 1 is 1.13 bits per heavy atom. The summed E-state index contributed by atoms with van der Waals surface area (Å²) in [5, 5.41) is 0. The quantitative estimate of drug-likeness (QED) is 0.582. The van der Waals surface area contributed by atoms with Crippen LogP contribution in [0.25, 0.3) is 0 Å². The Labute approximate surface area is 138 Å². The van der Waals surface area contributed by atoms with E-state index < -0.39 is 6.16 Å². The Hall–Kier alpha value is -1.51. The topological polar surface area (TPSA) is 35.5 Å². The molecule has 1 aromatic rings. The van der Waals surface area contributed by atoms with Crippen molar-refractivity contribution in [3.8, 4) is 5.75 Å². The maximum Gasteiger partial charge on any atom is 0.513 e. The Kier molecular flexibility index (Phi) is 3.62. The molecule has 0 atom stereocenters. The standard InChI is InChI=1S/C20H26O3/c1-3-22-19(21)23-18-5-4-13(2)6-17(18)20-10-14-7-15(11-20)9-16(8-14)12-20/h4-6,14-16H,3,7-12H2,1-2H3. The number of carbonyl (C=O) groups excluding carboxylic acids is 1. The second-order valence-corrected chi connectivity index (χ2v) is 7.98. The van der Waals surface area contributed by atoms with E-state index in [1.54, 1.807) is 6.92 Å². The summed E-state index contributed by atoms with van der Waals surface area (Å²) in [5.74, 6) is 3.34. The Balaban J connectivity index is 1.70. The number of benzene rings is 1. The smallest absolute Gasteiger partial charge is 0.434 e. The molecule has 0 radical (unpaired) electrons. The molecule has 0 amide bonds. The van der Waals surface area contributed by atoms with Crippen LogP contribution in [-0.4, -0.2) is 12.8 Å². The molecule has 4 fully saturated rings. The first-order valence-corrected chi connectivity index (χ1v) is 9.04. The van der Waals surface area contributed by atoms with Gasteiger partial charge in [-0.1, -0.05) is 17.7 Å². The number of ether oxygens (including phenoxy) is 2. The van der Waals surface area contributed by atoms with Gasteiger partial charge in [-0.2, -0.15) is 0 Å². The van der Waals surface area contributed by atoms with Gasteiger partial charge in [0, 0.05) is 5.56 Å². The summed E-state index contributed by atoms with van der Waals surface area (Å²) < 4.78 is 10.6. The lowest BCUT2D eigenvalue weighted by atomic mass is 9.48. The molecule has 124 valence electrons. The molecule has 0 saturated heterocycles. The summed E-state index contributed by atoms with van der Waals surface area (Å²) in [5.41, 5.74) is 2.72. The minimum atomic E-state index is -0.581. The lowest BCUT2D eigenvalue weighted by molar-refractivity contribution is -0.00637. The van der Waals surface area contributed by atoms with E-state index in [4.69, 9.17) is 9.47 Å². The highest BCUT2D eigenvalue weighted by Gasteiger charge is 2.52. The van der Waals surface area contributed by atoms with Crippen molar-refractivity contribution in [2.24, 2.45) is 17.8 Å². The fourth-order valence-electron chi connectivity index (χ4n) is 5.82. The first-order valence-electron chi connectivity index (χ1n) is 9.04. The van der Waals surface area contributed by atoms with E-state index in [0.717, 1.165) is 23.5 Å². The van der Waals surface area contributed by atoms with Crippen molar-refractivity contribution in [2.75, 3.05) is 6.61 Å². The molecule has 5 rings (SSSR count). The maximum absolute atomic E-state index is 11.8. The summed E-state index contributed by atoms with van der Waals surface area (Å²) >= 11 is 0. The van der Waals surface area contributed by atoms with Crippen LogP contribution >= 0.6 is 0 Å². The van der Waals surface area contributed by atoms with Crippen molar-refractivity contribution in [1.29, 1.82) is 0 Å². The Morgan fingerprint density at radius 2 is 1.74 bits per heavy atom. The van der Waals surface area contributed by atoms with Crippen LogP contribution < -0.4 is 4.74 Å². The van der Waals surface area contributed by atoms with Gasteiger partial charge in [0.15, 0.2) is 0 Å². The molecule has 23 heavy (non-hydrogen) atoms. The van der Waals surface area contributed by atoms with Crippen LogP contribution in [0.1, 0.15) is 56.6 Å². The normalized spacial score (nSPS) is 34.4. The highest BCUT2D eigenvalue weighted by molar-refractivity contribution is 5.65. The molecular weight excluding hydrogens is 288 g/mol. The highest BCUT2D eigenvalue weighted by Crippen LogP contribution is 2.61. The number of hydrogen-bond acceptors (Lipinski definition) is 3. The van der Waals surface area contributed by atoms with Crippen LogP contribution in [0.5, 0.6) is 5.75 Å². The number of carbonyl (C=O) groups is 1. The zero-order valence-corrected chi connectivity index (χ0v) is 14.1. The van der Waals surface area contributed by atoms with E-state index in [1.165, 1.54) is 49.7 Å². The van der Waals surface area contributed by atoms with Crippen molar-refractivity contribution in [3.63, 3.8) is 0 Å². The molecule has 0 aromatic heterocycles. The van der Waals surface area contributed by atoms with E-state index in [9.17, 15) is 4.79 Å². The minimum Gasteiger partial charge on any atom is -0.434 e.